The highest BCUT2D eigenvalue weighted by Gasteiger charge is 2.31. The van der Waals surface area contributed by atoms with E-state index in [1.54, 1.807) is 0 Å². The van der Waals surface area contributed by atoms with Crippen LogP contribution in [0.2, 0.25) is 0 Å². The number of hydrogen-bond donors (Lipinski definition) is 1. The molecule has 1 N–H and O–H groups in total. The molecule has 134 valence electrons. The van der Waals surface area contributed by atoms with Crippen LogP contribution in [0.1, 0.15) is 36.9 Å². The maximum absolute atomic E-state index is 5.51. The zero-order valence-electron chi connectivity index (χ0n) is 15.1. The fourth-order valence-corrected chi connectivity index (χ4v) is 4.22. The van der Waals surface area contributed by atoms with Gasteiger partial charge in [0.05, 0.1) is 18.9 Å². The Labute approximate surface area is 145 Å². The Bertz CT molecular complexity index is 554. The SMILES string of the molecule is Cc1nn(C)c(N2CCOCC2)c1CNC1CCN(C2CC2)CC1. The van der Waals surface area contributed by atoms with E-state index in [4.69, 9.17) is 4.74 Å². The first-order chi connectivity index (χ1) is 11.7. The van der Waals surface area contributed by atoms with E-state index < -0.39 is 0 Å². The first-order valence-electron chi connectivity index (χ1n) is 9.55. The molecule has 1 aliphatic carbocycles. The predicted molar refractivity (Wildman–Crippen MR) is 95.4 cm³/mol. The number of nitrogens with zero attached hydrogens (tertiary/aromatic N) is 4. The van der Waals surface area contributed by atoms with Gasteiger partial charge in [0, 0.05) is 44.3 Å². The van der Waals surface area contributed by atoms with Crippen molar-refractivity contribution in [3.63, 3.8) is 0 Å². The number of likely N-dealkylation sites (tertiary alicyclic amines) is 1. The van der Waals surface area contributed by atoms with Crippen molar-refractivity contribution in [1.82, 2.24) is 20.0 Å². The standard InChI is InChI=1S/C18H31N5O/c1-14-17(18(21(2)20-14)23-9-11-24-12-10-23)13-19-15-5-7-22(8-6-15)16-3-4-16/h15-16,19H,3-13H2,1-2H3. The minimum atomic E-state index is 0.650. The Kier molecular flexibility index (Phi) is 4.79. The molecule has 3 heterocycles. The van der Waals surface area contributed by atoms with Gasteiger partial charge in [0.25, 0.3) is 0 Å². The predicted octanol–water partition coefficient (Wildman–Crippen LogP) is 1.28. The zero-order valence-corrected chi connectivity index (χ0v) is 15.1. The third-order valence-electron chi connectivity index (χ3n) is 5.78. The third-order valence-corrected chi connectivity index (χ3v) is 5.78. The molecule has 4 rings (SSSR count). The molecule has 3 aliphatic rings. The van der Waals surface area contributed by atoms with Gasteiger partial charge in [-0.25, -0.2) is 0 Å². The van der Waals surface area contributed by atoms with Crippen LogP contribution in [0.5, 0.6) is 0 Å². The quantitative estimate of drug-likeness (QED) is 0.879. The summed E-state index contributed by atoms with van der Waals surface area (Å²) in [5.41, 5.74) is 2.52. The van der Waals surface area contributed by atoms with Crippen LogP contribution in [0.25, 0.3) is 0 Å². The number of piperidine rings is 1. The molecular weight excluding hydrogens is 302 g/mol. The Hall–Kier alpha value is -1.11. The summed E-state index contributed by atoms with van der Waals surface area (Å²) in [6.45, 7) is 9.16. The van der Waals surface area contributed by atoms with Crippen LogP contribution in [0.3, 0.4) is 0 Å². The molecule has 0 bridgehead atoms. The molecule has 6 heteroatoms. The number of ether oxygens (including phenoxy) is 1. The van der Waals surface area contributed by atoms with E-state index in [0.717, 1.165) is 44.6 Å². The molecule has 0 radical (unpaired) electrons. The van der Waals surface area contributed by atoms with Crippen LogP contribution in [0.4, 0.5) is 5.82 Å². The van der Waals surface area contributed by atoms with Crippen molar-refractivity contribution in [2.75, 3.05) is 44.3 Å². The molecule has 1 saturated carbocycles. The maximum Gasteiger partial charge on any atom is 0.131 e. The first-order valence-corrected chi connectivity index (χ1v) is 9.55. The van der Waals surface area contributed by atoms with Gasteiger partial charge < -0.3 is 19.9 Å². The highest BCUT2D eigenvalue weighted by molar-refractivity contribution is 5.50. The fraction of sp³-hybridized carbons (Fsp3) is 0.833. The average Bonchev–Trinajstić information content (AvgIpc) is 3.40. The number of rotatable bonds is 5. The number of hydrogen-bond acceptors (Lipinski definition) is 5. The van der Waals surface area contributed by atoms with Gasteiger partial charge in [-0.3, -0.25) is 4.68 Å². The lowest BCUT2D eigenvalue weighted by Gasteiger charge is -2.33. The smallest absolute Gasteiger partial charge is 0.131 e. The van der Waals surface area contributed by atoms with E-state index in [1.807, 2.05) is 4.68 Å². The molecule has 3 fully saturated rings. The Morgan fingerprint density at radius 1 is 1.08 bits per heavy atom. The van der Waals surface area contributed by atoms with Gasteiger partial charge in [-0.15, -0.1) is 0 Å². The fourth-order valence-electron chi connectivity index (χ4n) is 4.22. The van der Waals surface area contributed by atoms with Crippen molar-refractivity contribution in [1.29, 1.82) is 0 Å². The van der Waals surface area contributed by atoms with Crippen molar-refractivity contribution < 1.29 is 4.74 Å². The molecule has 0 atom stereocenters. The summed E-state index contributed by atoms with van der Waals surface area (Å²) >= 11 is 0. The summed E-state index contributed by atoms with van der Waals surface area (Å²) < 4.78 is 7.55. The molecule has 24 heavy (non-hydrogen) atoms. The highest BCUT2D eigenvalue weighted by atomic mass is 16.5. The molecule has 0 aromatic carbocycles. The van der Waals surface area contributed by atoms with Crippen LogP contribution in [-0.2, 0) is 18.3 Å². The second-order valence-electron chi connectivity index (χ2n) is 7.53. The second kappa shape index (κ2) is 7.02. The van der Waals surface area contributed by atoms with Gasteiger partial charge >= 0.3 is 0 Å². The van der Waals surface area contributed by atoms with Crippen molar-refractivity contribution in [2.45, 2.75) is 51.2 Å². The van der Waals surface area contributed by atoms with Crippen LogP contribution in [0, 0.1) is 6.92 Å². The minimum Gasteiger partial charge on any atom is -0.378 e. The van der Waals surface area contributed by atoms with E-state index in [1.165, 1.54) is 50.2 Å². The lowest BCUT2D eigenvalue weighted by molar-refractivity contribution is 0.122. The summed E-state index contributed by atoms with van der Waals surface area (Å²) in [6, 6.07) is 1.57. The number of nitrogens with one attached hydrogen (secondary N) is 1. The summed E-state index contributed by atoms with van der Waals surface area (Å²) in [5, 5.41) is 8.49. The summed E-state index contributed by atoms with van der Waals surface area (Å²) in [7, 11) is 2.06. The summed E-state index contributed by atoms with van der Waals surface area (Å²) in [4.78, 5) is 5.11. The minimum absolute atomic E-state index is 0.650. The molecule has 2 aliphatic heterocycles. The lowest BCUT2D eigenvalue weighted by Crippen LogP contribution is -2.43. The molecule has 0 unspecified atom stereocenters. The Morgan fingerprint density at radius 2 is 1.79 bits per heavy atom. The van der Waals surface area contributed by atoms with E-state index in [-0.39, 0.29) is 0 Å². The van der Waals surface area contributed by atoms with Gasteiger partial charge in [-0.05, 0) is 45.7 Å². The van der Waals surface area contributed by atoms with E-state index in [2.05, 4.69) is 34.2 Å². The highest BCUT2D eigenvalue weighted by Crippen LogP contribution is 2.29. The van der Waals surface area contributed by atoms with Crippen LogP contribution in [0.15, 0.2) is 0 Å². The van der Waals surface area contributed by atoms with E-state index in [0.29, 0.717) is 6.04 Å². The third kappa shape index (κ3) is 3.46. The van der Waals surface area contributed by atoms with Gasteiger partial charge in [-0.2, -0.15) is 5.10 Å². The molecule has 0 spiro atoms. The van der Waals surface area contributed by atoms with E-state index in [9.17, 15) is 0 Å². The summed E-state index contributed by atoms with van der Waals surface area (Å²) in [5.74, 6) is 1.28. The number of morpholine rings is 1. The van der Waals surface area contributed by atoms with Crippen molar-refractivity contribution >= 4 is 5.82 Å². The second-order valence-corrected chi connectivity index (χ2v) is 7.53. The normalized spacial score (nSPS) is 23.8. The van der Waals surface area contributed by atoms with Gasteiger partial charge in [-0.1, -0.05) is 0 Å². The largest absolute Gasteiger partial charge is 0.378 e. The molecule has 1 aromatic rings. The van der Waals surface area contributed by atoms with Crippen LogP contribution < -0.4 is 10.2 Å². The van der Waals surface area contributed by atoms with Crippen molar-refractivity contribution in [3.05, 3.63) is 11.3 Å². The molecule has 2 saturated heterocycles. The molecule has 1 aromatic heterocycles. The molecular formula is C18H31N5O. The average molecular weight is 333 g/mol. The van der Waals surface area contributed by atoms with Gasteiger partial charge in [0.15, 0.2) is 0 Å². The summed E-state index contributed by atoms with van der Waals surface area (Å²) in [6.07, 6.45) is 5.41. The van der Waals surface area contributed by atoms with Crippen molar-refractivity contribution in [3.8, 4) is 0 Å². The van der Waals surface area contributed by atoms with Gasteiger partial charge in [0.1, 0.15) is 5.82 Å². The van der Waals surface area contributed by atoms with Crippen LogP contribution in [-0.4, -0.2) is 66.2 Å². The van der Waals surface area contributed by atoms with Crippen molar-refractivity contribution in [2.24, 2.45) is 7.05 Å². The number of anilines is 1. The first kappa shape index (κ1) is 16.4. The molecule has 0 amide bonds. The topological polar surface area (TPSA) is 45.6 Å². The van der Waals surface area contributed by atoms with E-state index >= 15 is 0 Å². The monoisotopic (exact) mass is 333 g/mol. The van der Waals surface area contributed by atoms with Crippen LogP contribution >= 0.6 is 0 Å². The Balaban J connectivity index is 1.37. The number of aromatic nitrogens is 2. The zero-order chi connectivity index (χ0) is 16.5. The number of aryl methyl sites for hydroxylation is 2. The lowest BCUT2D eigenvalue weighted by atomic mass is 10.0. The Morgan fingerprint density at radius 3 is 2.46 bits per heavy atom. The molecule has 6 nitrogen and oxygen atoms in total. The van der Waals surface area contributed by atoms with Gasteiger partial charge in [0.2, 0.25) is 0 Å². The maximum atomic E-state index is 5.51.